The molecule has 0 amide bonds. The maximum atomic E-state index is 6.74. The number of fused-ring (bicyclic) bond motifs is 2. The van der Waals surface area contributed by atoms with Gasteiger partial charge in [-0.2, -0.15) is 9.97 Å². The average Bonchev–Trinajstić information content (AvgIpc) is 3.72. The average molecular weight is 626 g/mol. The predicted octanol–water partition coefficient (Wildman–Crippen LogP) is 5.98. The molecule has 2 saturated heterocycles. The van der Waals surface area contributed by atoms with E-state index >= 15 is 0 Å². The second-order valence-corrected chi connectivity index (χ2v) is 12.3. The Kier molecular flexibility index (Phi) is 8.59. The molecule has 4 heterocycles. The number of nitrogens with zero attached hydrogens (tertiary/aromatic N) is 5. The standard InChI is InChI=1S/C35H43N7O4/c1-3-43-31-19-23(20-32(33(31)36)44-4-2)22-40-16-13-24(14-17-40)28-21-25(42(37)35-39-27-10-6-8-12-30(27)46-35)15-18-41(28)34-38-26-9-5-7-11-29(26)45-34/h5-12,19-20,24-25,28H,3-4,13-18,21-22,36-37H2,1-2H3. The molecule has 242 valence electrons. The zero-order chi connectivity index (χ0) is 31.6. The van der Waals surface area contributed by atoms with E-state index in [1.54, 1.807) is 5.01 Å². The number of benzene rings is 3. The van der Waals surface area contributed by atoms with Crippen LogP contribution in [0.2, 0.25) is 0 Å². The Morgan fingerprint density at radius 1 is 0.848 bits per heavy atom. The van der Waals surface area contributed by atoms with E-state index in [1.165, 1.54) is 0 Å². The minimum absolute atomic E-state index is 0.0699. The number of hydrogen-bond donors (Lipinski definition) is 2. The molecule has 11 nitrogen and oxygen atoms in total. The Labute approximate surface area is 269 Å². The van der Waals surface area contributed by atoms with E-state index in [0.717, 1.165) is 79.6 Å². The minimum Gasteiger partial charge on any atom is -0.492 e. The summed E-state index contributed by atoms with van der Waals surface area (Å²) in [6.45, 7) is 8.58. The monoisotopic (exact) mass is 625 g/mol. The van der Waals surface area contributed by atoms with Gasteiger partial charge in [0.1, 0.15) is 28.2 Å². The Morgan fingerprint density at radius 2 is 1.48 bits per heavy atom. The van der Waals surface area contributed by atoms with Gasteiger partial charge in [0.2, 0.25) is 0 Å². The van der Waals surface area contributed by atoms with Crippen molar-refractivity contribution in [2.75, 3.05) is 48.5 Å². The van der Waals surface area contributed by atoms with Crippen LogP contribution in [0.15, 0.2) is 69.5 Å². The van der Waals surface area contributed by atoms with E-state index in [4.69, 9.17) is 34.9 Å². The van der Waals surface area contributed by atoms with Gasteiger partial charge in [-0.15, -0.1) is 0 Å². The molecule has 2 unspecified atom stereocenters. The Balaban J connectivity index is 1.09. The highest BCUT2D eigenvalue weighted by Gasteiger charge is 2.40. The van der Waals surface area contributed by atoms with Gasteiger partial charge in [0.15, 0.2) is 11.2 Å². The molecule has 0 saturated carbocycles. The van der Waals surface area contributed by atoms with Crippen LogP contribution in [0.4, 0.5) is 17.7 Å². The van der Waals surface area contributed by atoms with Crippen molar-refractivity contribution in [3.05, 3.63) is 66.2 Å². The third-order valence-corrected chi connectivity index (χ3v) is 9.39. The number of nitrogen functional groups attached to an aromatic ring is 1. The lowest BCUT2D eigenvalue weighted by Crippen LogP contribution is -2.56. The number of piperidine rings is 2. The molecular weight excluding hydrogens is 582 g/mol. The van der Waals surface area contributed by atoms with Crippen molar-refractivity contribution in [1.82, 2.24) is 14.9 Å². The number of anilines is 3. The van der Waals surface area contributed by atoms with Gasteiger partial charge in [-0.3, -0.25) is 9.91 Å². The zero-order valence-electron chi connectivity index (χ0n) is 26.6. The van der Waals surface area contributed by atoms with Gasteiger partial charge in [0, 0.05) is 19.1 Å². The van der Waals surface area contributed by atoms with Crippen LogP contribution in [-0.2, 0) is 6.54 Å². The summed E-state index contributed by atoms with van der Waals surface area (Å²) >= 11 is 0. The first-order valence-electron chi connectivity index (χ1n) is 16.4. The molecule has 0 radical (unpaired) electrons. The fourth-order valence-corrected chi connectivity index (χ4v) is 7.07. The van der Waals surface area contributed by atoms with E-state index in [1.807, 2.05) is 62.4 Å². The third kappa shape index (κ3) is 6.04. The first-order valence-corrected chi connectivity index (χ1v) is 16.4. The summed E-state index contributed by atoms with van der Waals surface area (Å²) in [7, 11) is 0. The summed E-state index contributed by atoms with van der Waals surface area (Å²) in [4.78, 5) is 14.5. The molecule has 2 fully saturated rings. The van der Waals surface area contributed by atoms with Crippen LogP contribution >= 0.6 is 0 Å². The fourth-order valence-electron chi connectivity index (χ4n) is 7.07. The lowest BCUT2D eigenvalue weighted by Gasteiger charge is -2.46. The number of ether oxygens (including phenoxy) is 2. The maximum absolute atomic E-state index is 6.74. The van der Waals surface area contributed by atoms with Crippen LogP contribution < -0.4 is 31.0 Å². The van der Waals surface area contributed by atoms with Gasteiger partial charge in [0.25, 0.3) is 6.01 Å². The van der Waals surface area contributed by atoms with Gasteiger partial charge in [0.05, 0.1) is 19.3 Å². The van der Waals surface area contributed by atoms with Gasteiger partial charge in [-0.05, 0) is 100 Å². The highest BCUT2D eigenvalue weighted by Crippen LogP contribution is 2.38. The van der Waals surface area contributed by atoms with Gasteiger partial charge >= 0.3 is 6.01 Å². The first kappa shape index (κ1) is 30.2. The van der Waals surface area contributed by atoms with Crippen LogP contribution in [0.25, 0.3) is 22.2 Å². The van der Waals surface area contributed by atoms with Crippen molar-refractivity contribution in [3.8, 4) is 11.5 Å². The highest BCUT2D eigenvalue weighted by molar-refractivity contribution is 5.75. The molecule has 2 aromatic heterocycles. The van der Waals surface area contributed by atoms with Crippen LogP contribution in [0.1, 0.15) is 45.1 Å². The van der Waals surface area contributed by atoms with Crippen molar-refractivity contribution in [2.24, 2.45) is 11.8 Å². The molecule has 7 rings (SSSR count). The normalized spacial score (nSPS) is 19.6. The topological polar surface area (TPSA) is 132 Å². The Hall–Kier alpha value is -4.48. The highest BCUT2D eigenvalue weighted by atomic mass is 16.5. The van der Waals surface area contributed by atoms with E-state index in [0.29, 0.717) is 48.3 Å². The number of aromatic nitrogens is 2. The number of rotatable bonds is 10. The summed E-state index contributed by atoms with van der Waals surface area (Å²) in [6.07, 6.45) is 3.79. The number of nitrogens with two attached hydrogens (primary N) is 2. The van der Waals surface area contributed by atoms with E-state index in [2.05, 4.69) is 26.9 Å². The first-order chi connectivity index (χ1) is 22.5. The van der Waals surface area contributed by atoms with Crippen LogP contribution in [0.5, 0.6) is 11.5 Å². The summed E-state index contributed by atoms with van der Waals surface area (Å²) in [5.41, 5.74) is 11.3. The third-order valence-electron chi connectivity index (χ3n) is 9.39. The van der Waals surface area contributed by atoms with E-state index in [-0.39, 0.29) is 12.1 Å². The fraction of sp³-hybridized carbons (Fsp3) is 0.429. The lowest BCUT2D eigenvalue weighted by atomic mass is 9.82. The Bertz CT molecular complexity index is 1690. The summed E-state index contributed by atoms with van der Waals surface area (Å²) < 4.78 is 24.0. The molecule has 5 aromatic rings. The van der Waals surface area contributed by atoms with E-state index < -0.39 is 0 Å². The SMILES string of the molecule is CCOc1cc(CN2CCC(C3CC(N(N)c4nc5ccccc5o4)CCN3c3nc4ccccc4o3)CC2)cc(OCC)c1N. The number of hydrazine groups is 1. The predicted molar refractivity (Wildman–Crippen MR) is 180 cm³/mol. The van der Waals surface area contributed by atoms with Gasteiger partial charge in [-0.1, -0.05) is 24.3 Å². The molecule has 2 atom stereocenters. The molecule has 0 bridgehead atoms. The molecule has 4 N–H and O–H groups in total. The number of para-hydroxylation sites is 4. The molecule has 0 spiro atoms. The van der Waals surface area contributed by atoms with Crippen LogP contribution in [0, 0.1) is 5.92 Å². The van der Waals surface area contributed by atoms with Gasteiger partial charge in [-0.25, -0.2) is 5.84 Å². The molecule has 2 aliphatic rings. The van der Waals surface area contributed by atoms with Gasteiger partial charge < -0.3 is 28.9 Å². The lowest BCUT2D eigenvalue weighted by molar-refractivity contribution is 0.146. The largest absolute Gasteiger partial charge is 0.492 e. The smallest absolute Gasteiger partial charge is 0.313 e. The van der Waals surface area contributed by atoms with Crippen molar-refractivity contribution >= 4 is 39.9 Å². The number of likely N-dealkylation sites (tertiary alicyclic amines) is 1. The van der Waals surface area contributed by atoms with Crippen LogP contribution in [0.3, 0.4) is 0 Å². The van der Waals surface area contributed by atoms with Crippen molar-refractivity contribution in [1.29, 1.82) is 0 Å². The summed E-state index contributed by atoms with van der Waals surface area (Å²) in [5, 5.41) is 1.73. The summed E-state index contributed by atoms with van der Waals surface area (Å²) in [6, 6.07) is 21.3. The molecule has 0 aliphatic carbocycles. The second kappa shape index (κ2) is 13.1. The molecule has 2 aliphatic heterocycles. The molecule has 46 heavy (non-hydrogen) atoms. The van der Waals surface area contributed by atoms with Crippen LogP contribution in [-0.4, -0.2) is 59.8 Å². The number of oxazole rings is 2. The van der Waals surface area contributed by atoms with Crippen molar-refractivity contribution < 1.29 is 18.3 Å². The molecule has 3 aromatic carbocycles. The van der Waals surface area contributed by atoms with Crippen molar-refractivity contribution in [3.63, 3.8) is 0 Å². The molecule has 11 heteroatoms. The maximum Gasteiger partial charge on any atom is 0.313 e. The summed E-state index contributed by atoms with van der Waals surface area (Å²) in [5.74, 6) is 8.55. The minimum atomic E-state index is 0.0699. The second-order valence-electron chi connectivity index (χ2n) is 12.3. The Morgan fingerprint density at radius 3 is 2.11 bits per heavy atom. The zero-order valence-corrected chi connectivity index (χ0v) is 26.6. The number of hydrogen-bond acceptors (Lipinski definition) is 11. The quantitative estimate of drug-likeness (QED) is 0.108. The van der Waals surface area contributed by atoms with E-state index in [9.17, 15) is 0 Å². The molecular formula is C35H43N7O4. The van der Waals surface area contributed by atoms with Crippen molar-refractivity contribution in [2.45, 2.75) is 58.2 Å².